The van der Waals surface area contributed by atoms with Crippen molar-refractivity contribution in [1.82, 2.24) is 15.3 Å². The highest BCUT2D eigenvalue weighted by Gasteiger charge is 2.29. The molecular formula is C19H23ClN4O3. The first-order chi connectivity index (χ1) is 12.9. The van der Waals surface area contributed by atoms with Crippen molar-refractivity contribution in [1.29, 1.82) is 0 Å². The Kier molecular flexibility index (Phi) is 5.82. The summed E-state index contributed by atoms with van der Waals surface area (Å²) in [5, 5.41) is 13.7. The molecule has 144 valence electrons. The molecule has 7 nitrogen and oxygen atoms in total. The molecule has 1 fully saturated rings. The fourth-order valence-electron chi connectivity index (χ4n) is 3.30. The lowest BCUT2D eigenvalue weighted by molar-refractivity contribution is 0.00526. The first kappa shape index (κ1) is 19.4. The first-order valence-electron chi connectivity index (χ1n) is 8.97. The zero-order valence-corrected chi connectivity index (χ0v) is 15.9. The molecule has 1 aromatic heterocycles. The lowest BCUT2D eigenvalue weighted by Gasteiger charge is -2.32. The Balaban J connectivity index is 1.76. The van der Waals surface area contributed by atoms with E-state index < -0.39 is 5.60 Å². The molecule has 0 radical (unpaired) electrons. The normalized spacial score (nSPS) is 16.0. The number of carbonyl (C=O) groups excluding carboxylic acids is 1. The molecule has 1 saturated carbocycles. The number of nitrogens with one attached hydrogen (secondary N) is 2. The second-order valence-electron chi connectivity index (χ2n) is 6.96. The van der Waals surface area contributed by atoms with Gasteiger partial charge in [-0.15, -0.1) is 0 Å². The Morgan fingerprint density at radius 3 is 2.78 bits per heavy atom. The summed E-state index contributed by atoms with van der Waals surface area (Å²) in [5.74, 6) is 0.108. The van der Waals surface area contributed by atoms with E-state index in [1.165, 1.54) is 12.4 Å². The van der Waals surface area contributed by atoms with Gasteiger partial charge in [-0.3, -0.25) is 9.59 Å². The highest BCUT2D eigenvalue weighted by atomic mass is 35.5. The number of benzene rings is 1. The molecule has 0 atom stereocenters. The minimum atomic E-state index is -0.843. The zero-order valence-electron chi connectivity index (χ0n) is 15.2. The predicted molar refractivity (Wildman–Crippen MR) is 105 cm³/mol. The first-order valence-corrected chi connectivity index (χ1v) is 9.34. The number of hydrogen-bond donors (Lipinski definition) is 3. The van der Waals surface area contributed by atoms with Crippen LogP contribution in [0.3, 0.4) is 0 Å². The van der Waals surface area contributed by atoms with E-state index in [0.29, 0.717) is 34.9 Å². The van der Waals surface area contributed by atoms with Crippen molar-refractivity contribution in [2.24, 2.45) is 0 Å². The monoisotopic (exact) mass is 390 g/mol. The second-order valence-corrected chi connectivity index (χ2v) is 7.37. The number of amides is 1. The van der Waals surface area contributed by atoms with Gasteiger partial charge in [-0.05, 0) is 31.0 Å². The van der Waals surface area contributed by atoms with Gasteiger partial charge in [-0.25, -0.2) is 4.98 Å². The van der Waals surface area contributed by atoms with Gasteiger partial charge in [-0.1, -0.05) is 30.9 Å². The van der Waals surface area contributed by atoms with Crippen molar-refractivity contribution in [3.05, 3.63) is 51.5 Å². The molecule has 1 aromatic carbocycles. The van der Waals surface area contributed by atoms with Gasteiger partial charge >= 0.3 is 0 Å². The third-order valence-electron chi connectivity index (χ3n) is 4.95. The average molecular weight is 391 g/mol. The van der Waals surface area contributed by atoms with Crippen LogP contribution in [0.2, 0.25) is 5.02 Å². The van der Waals surface area contributed by atoms with Crippen LogP contribution in [0.5, 0.6) is 0 Å². The minimum absolute atomic E-state index is 0.206. The van der Waals surface area contributed by atoms with Crippen LogP contribution in [-0.2, 0) is 0 Å². The number of rotatable bonds is 5. The zero-order chi connectivity index (χ0) is 19.4. The summed E-state index contributed by atoms with van der Waals surface area (Å²) in [6.07, 6.45) is 5.76. The van der Waals surface area contributed by atoms with Crippen molar-refractivity contribution < 1.29 is 9.90 Å². The average Bonchev–Trinajstić information content (AvgIpc) is 2.66. The quantitative estimate of drug-likeness (QED) is 0.729. The Morgan fingerprint density at radius 1 is 1.33 bits per heavy atom. The molecule has 1 heterocycles. The summed E-state index contributed by atoms with van der Waals surface area (Å²) < 4.78 is 0. The third kappa shape index (κ3) is 4.67. The smallest absolute Gasteiger partial charge is 0.252 e. The van der Waals surface area contributed by atoms with Crippen LogP contribution >= 0.6 is 11.6 Å². The number of H-pyrrole nitrogens is 1. The largest absolute Gasteiger partial charge is 0.388 e. The summed E-state index contributed by atoms with van der Waals surface area (Å²) in [6, 6.07) is 6.39. The van der Waals surface area contributed by atoms with Gasteiger partial charge in [0.2, 0.25) is 0 Å². The van der Waals surface area contributed by atoms with Crippen LogP contribution in [-0.4, -0.2) is 40.2 Å². The van der Waals surface area contributed by atoms with E-state index in [2.05, 4.69) is 15.3 Å². The molecule has 0 unspecified atom stereocenters. The number of aromatic nitrogens is 2. The van der Waals surface area contributed by atoms with E-state index in [1.807, 2.05) is 0 Å². The number of aromatic amines is 1. The van der Waals surface area contributed by atoms with Gasteiger partial charge in [-0.2, -0.15) is 0 Å². The number of halogens is 1. The molecule has 27 heavy (non-hydrogen) atoms. The summed E-state index contributed by atoms with van der Waals surface area (Å²) in [4.78, 5) is 32.4. The Hall–Kier alpha value is -2.38. The van der Waals surface area contributed by atoms with Crippen LogP contribution < -0.4 is 15.8 Å². The van der Waals surface area contributed by atoms with Gasteiger partial charge in [0.05, 0.1) is 22.5 Å². The summed E-state index contributed by atoms with van der Waals surface area (Å²) >= 11 is 6.21. The van der Waals surface area contributed by atoms with Crippen LogP contribution in [0.15, 0.2) is 35.4 Å². The molecule has 1 amide bonds. The van der Waals surface area contributed by atoms with Crippen molar-refractivity contribution >= 4 is 29.0 Å². The predicted octanol–water partition coefficient (Wildman–Crippen LogP) is 2.62. The standard InChI is InChI=1S/C19H23ClN4O3/c1-24(16-10-17(25)23-12-22-16)13-5-6-15(20)14(9-13)18(26)21-11-19(27)7-3-2-4-8-19/h5-6,9-10,12,27H,2-4,7-8,11H2,1H3,(H,21,26)(H,22,23,25). The third-order valence-corrected chi connectivity index (χ3v) is 5.28. The molecule has 3 rings (SSSR count). The molecule has 3 N–H and O–H groups in total. The molecular weight excluding hydrogens is 368 g/mol. The van der Waals surface area contributed by atoms with E-state index in [4.69, 9.17) is 11.6 Å². The Bertz CT molecular complexity index is 877. The van der Waals surface area contributed by atoms with E-state index in [0.717, 1.165) is 19.3 Å². The van der Waals surface area contributed by atoms with E-state index >= 15 is 0 Å². The lowest BCUT2D eigenvalue weighted by Crippen LogP contribution is -2.44. The highest BCUT2D eigenvalue weighted by molar-refractivity contribution is 6.34. The topological polar surface area (TPSA) is 98.3 Å². The van der Waals surface area contributed by atoms with E-state index in [-0.39, 0.29) is 18.0 Å². The number of nitrogens with zero attached hydrogens (tertiary/aromatic N) is 2. The van der Waals surface area contributed by atoms with Crippen molar-refractivity contribution in [3.63, 3.8) is 0 Å². The van der Waals surface area contributed by atoms with Gasteiger partial charge in [0.15, 0.2) is 0 Å². The molecule has 8 heteroatoms. The minimum Gasteiger partial charge on any atom is -0.388 e. The molecule has 0 aliphatic heterocycles. The Labute approximate surface area is 162 Å². The molecule has 2 aromatic rings. The maximum atomic E-state index is 12.6. The summed E-state index contributed by atoms with van der Waals surface area (Å²) in [7, 11) is 1.75. The van der Waals surface area contributed by atoms with Crippen LogP contribution in [0, 0.1) is 0 Å². The van der Waals surface area contributed by atoms with Crippen LogP contribution in [0.4, 0.5) is 11.5 Å². The summed E-state index contributed by atoms with van der Waals surface area (Å²) in [5.41, 5.74) is -0.132. The van der Waals surface area contributed by atoms with Crippen molar-refractivity contribution in [3.8, 4) is 0 Å². The SMILES string of the molecule is CN(c1ccc(Cl)c(C(=O)NCC2(O)CCCCC2)c1)c1cc(=O)[nH]cn1. The number of aliphatic hydroxyl groups is 1. The van der Waals surface area contributed by atoms with Crippen molar-refractivity contribution in [2.75, 3.05) is 18.5 Å². The van der Waals surface area contributed by atoms with Gasteiger partial charge in [0.25, 0.3) is 11.5 Å². The number of anilines is 2. The second kappa shape index (κ2) is 8.10. The lowest BCUT2D eigenvalue weighted by atomic mass is 9.85. The fourth-order valence-corrected chi connectivity index (χ4v) is 3.50. The maximum absolute atomic E-state index is 12.6. The van der Waals surface area contributed by atoms with Crippen LogP contribution in [0.25, 0.3) is 0 Å². The fraction of sp³-hybridized carbons (Fsp3) is 0.421. The molecule has 1 aliphatic rings. The molecule has 0 spiro atoms. The molecule has 0 saturated heterocycles. The maximum Gasteiger partial charge on any atom is 0.252 e. The van der Waals surface area contributed by atoms with Crippen molar-refractivity contribution in [2.45, 2.75) is 37.7 Å². The number of hydrogen-bond acceptors (Lipinski definition) is 5. The Morgan fingerprint density at radius 2 is 2.07 bits per heavy atom. The van der Waals surface area contributed by atoms with E-state index in [1.54, 1.807) is 30.1 Å². The summed E-state index contributed by atoms with van der Waals surface area (Å²) in [6.45, 7) is 0.206. The molecule has 0 bridgehead atoms. The van der Waals surface area contributed by atoms with E-state index in [9.17, 15) is 14.7 Å². The molecule has 1 aliphatic carbocycles. The van der Waals surface area contributed by atoms with Gasteiger partial charge < -0.3 is 20.3 Å². The highest BCUT2D eigenvalue weighted by Crippen LogP contribution is 2.28. The number of carbonyl (C=O) groups is 1. The van der Waals surface area contributed by atoms with Gasteiger partial charge in [0, 0.05) is 25.3 Å². The van der Waals surface area contributed by atoms with Gasteiger partial charge in [0.1, 0.15) is 5.82 Å². The van der Waals surface area contributed by atoms with Crippen LogP contribution in [0.1, 0.15) is 42.5 Å².